The summed E-state index contributed by atoms with van der Waals surface area (Å²) in [7, 11) is 0. The molecule has 2 aromatic heterocycles. The van der Waals surface area contributed by atoms with Crippen LogP contribution in [0.3, 0.4) is 0 Å². The van der Waals surface area contributed by atoms with E-state index < -0.39 is 0 Å². The lowest BCUT2D eigenvalue weighted by Crippen LogP contribution is -2.14. The molecule has 0 aliphatic carbocycles. The number of nitrogens with zero attached hydrogens (tertiary/aromatic N) is 2. The van der Waals surface area contributed by atoms with Gasteiger partial charge in [-0.25, -0.2) is 0 Å². The molecule has 2 N–H and O–H groups in total. The Hall–Kier alpha value is -2.17. The molecule has 82 valence electrons. The zero-order valence-corrected chi connectivity index (χ0v) is 8.90. The SMILES string of the molecule is Cc1cc(NC(=O)Cc2cccnc2)n[nH]1. The first-order valence-electron chi connectivity index (χ1n) is 4.95. The Morgan fingerprint density at radius 3 is 3.06 bits per heavy atom. The highest BCUT2D eigenvalue weighted by Crippen LogP contribution is 2.05. The average molecular weight is 216 g/mol. The van der Waals surface area contributed by atoms with Crippen LogP contribution in [0.25, 0.3) is 0 Å². The van der Waals surface area contributed by atoms with Crippen molar-refractivity contribution >= 4 is 11.7 Å². The van der Waals surface area contributed by atoms with Crippen molar-refractivity contribution in [3.63, 3.8) is 0 Å². The summed E-state index contributed by atoms with van der Waals surface area (Å²) in [5.41, 5.74) is 1.80. The first-order chi connectivity index (χ1) is 7.74. The van der Waals surface area contributed by atoms with Gasteiger partial charge in [0.05, 0.1) is 6.42 Å². The highest BCUT2D eigenvalue weighted by atomic mass is 16.1. The van der Waals surface area contributed by atoms with Crippen molar-refractivity contribution < 1.29 is 4.79 Å². The topological polar surface area (TPSA) is 70.7 Å². The molecule has 0 fully saturated rings. The lowest BCUT2D eigenvalue weighted by Gasteiger charge is -2.00. The number of carbonyl (C=O) groups is 1. The maximum atomic E-state index is 11.6. The molecule has 2 rings (SSSR count). The minimum atomic E-state index is -0.0977. The molecule has 1 amide bonds. The molecule has 0 atom stereocenters. The van der Waals surface area contributed by atoms with Crippen LogP contribution in [0.15, 0.2) is 30.6 Å². The fourth-order valence-electron chi connectivity index (χ4n) is 1.36. The highest BCUT2D eigenvalue weighted by molar-refractivity contribution is 5.91. The lowest BCUT2D eigenvalue weighted by atomic mass is 10.2. The van der Waals surface area contributed by atoms with Gasteiger partial charge in [-0.2, -0.15) is 5.10 Å². The minimum absolute atomic E-state index is 0.0977. The predicted octanol–water partition coefficient (Wildman–Crippen LogP) is 1.29. The van der Waals surface area contributed by atoms with Gasteiger partial charge in [-0.3, -0.25) is 14.9 Å². The van der Waals surface area contributed by atoms with Gasteiger partial charge in [0, 0.05) is 24.2 Å². The highest BCUT2D eigenvalue weighted by Gasteiger charge is 2.05. The van der Waals surface area contributed by atoms with Gasteiger partial charge in [0.15, 0.2) is 5.82 Å². The summed E-state index contributed by atoms with van der Waals surface area (Å²) in [5, 5.41) is 9.39. The molecule has 5 nitrogen and oxygen atoms in total. The Morgan fingerprint density at radius 2 is 2.44 bits per heavy atom. The van der Waals surface area contributed by atoms with E-state index in [2.05, 4.69) is 20.5 Å². The van der Waals surface area contributed by atoms with Crippen molar-refractivity contribution in [2.75, 3.05) is 5.32 Å². The monoisotopic (exact) mass is 216 g/mol. The number of rotatable bonds is 3. The number of hydrogen-bond donors (Lipinski definition) is 2. The van der Waals surface area contributed by atoms with Gasteiger partial charge in [0.2, 0.25) is 5.91 Å². The van der Waals surface area contributed by atoms with Crippen LogP contribution in [-0.4, -0.2) is 21.1 Å². The number of carbonyl (C=O) groups excluding carboxylic acids is 1. The first-order valence-corrected chi connectivity index (χ1v) is 4.95. The summed E-state index contributed by atoms with van der Waals surface area (Å²) < 4.78 is 0. The van der Waals surface area contributed by atoms with Crippen LogP contribution in [0.4, 0.5) is 5.82 Å². The van der Waals surface area contributed by atoms with Gasteiger partial charge in [-0.05, 0) is 18.6 Å². The van der Waals surface area contributed by atoms with Crippen molar-refractivity contribution in [3.8, 4) is 0 Å². The number of amides is 1. The molecule has 0 unspecified atom stereocenters. The van der Waals surface area contributed by atoms with E-state index in [1.807, 2.05) is 13.0 Å². The second kappa shape index (κ2) is 4.57. The maximum Gasteiger partial charge on any atom is 0.230 e. The van der Waals surface area contributed by atoms with Crippen molar-refractivity contribution in [3.05, 3.63) is 41.9 Å². The third-order valence-corrected chi connectivity index (χ3v) is 2.06. The molecule has 0 spiro atoms. The Labute approximate surface area is 92.9 Å². The van der Waals surface area contributed by atoms with E-state index >= 15 is 0 Å². The number of aromatic nitrogens is 3. The third kappa shape index (κ3) is 2.66. The van der Waals surface area contributed by atoms with Crippen molar-refractivity contribution in [1.82, 2.24) is 15.2 Å². The molecular formula is C11H12N4O. The number of nitrogens with one attached hydrogen (secondary N) is 2. The fourth-order valence-corrected chi connectivity index (χ4v) is 1.36. The quantitative estimate of drug-likeness (QED) is 0.812. The summed E-state index contributed by atoms with van der Waals surface area (Å²) in [4.78, 5) is 15.5. The summed E-state index contributed by atoms with van der Waals surface area (Å²) in [5.74, 6) is 0.450. The Morgan fingerprint density at radius 1 is 1.56 bits per heavy atom. The molecule has 5 heteroatoms. The second-order valence-electron chi connectivity index (χ2n) is 3.52. The van der Waals surface area contributed by atoms with E-state index in [4.69, 9.17) is 0 Å². The molecule has 0 aliphatic heterocycles. The standard InChI is InChI=1S/C11H12N4O/c1-8-5-10(15-14-8)13-11(16)6-9-3-2-4-12-7-9/h2-5,7H,6H2,1H3,(H2,13,14,15,16). The number of aromatic amines is 1. The second-order valence-corrected chi connectivity index (χ2v) is 3.52. The molecule has 0 aromatic carbocycles. The smallest absolute Gasteiger partial charge is 0.230 e. The Kier molecular flexibility index (Phi) is 2.95. The number of H-pyrrole nitrogens is 1. The zero-order chi connectivity index (χ0) is 11.4. The Balaban J connectivity index is 1.95. The van der Waals surface area contributed by atoms with Gasteiger partial charge in [0.1, 0.15) is 0 Å². The van der Waals surface area contributed by atoms with E-state index in [1.54, 1.807) is 24.5 Å². The maximum absolute atomic E-state index is 11.6. The molecule has 0 bridgehead atoms. The van der Waals surface area contributed by atoms with E-state index in [0.29, 0.717) is 12.2 Å². The fraction of sp³-hybridized carbons (Fsp3) is 0.182. The van der Waals surface area contributed by atoms with Gasteiger partial charge >= 0.3 is 0 Å². The molecule has 2 heterocycles. The molecule has 0 aliphatic rings. The van der Waals surface area contributed by atoms with Crippen LogP contribution in [0.1, 0.15) is 11.3 Å². The molecule has 0 saturated heterocycles. The van der Waals surface area contributed by atoms with E-state index in [-0.39, 0.29) is 5.91 Å². The van der Waals surface area contributed by atoms with Crippen molar-refractivity contribution in [1.29, 1.82) is 0 Å². The molecular weight excluding hydrogens is 204 g/mol. The van der Waals surface area contributed by atoms with Crippen LogP contribution in [0, 0.1) is 6.92 Å². The summed E-state index contributed by atoms with van der Waals surface area (Å²) in [6.45, 7) is 1.88. The van der Waals surface area contributed by atoms with E-state index in [0.717, 1.165) is 11.3 Å². The summed E-state index contributed by atoms with van der Waals surface area (Å²) in [6, 6.07) is 5.45. The van der Waals surface area contributed by atoms with Gasteiger partial charge < -0.3 is 5.32 Å². The largest absolute Gasteiger partial charge is 0.309 e. The molecule has 2 aromatic rings. The predicted molar refractivity (Wildman–Crippen MR) is 59.9 cm³/mol. The van der Waals surface area contributed by atoms with Crippen molar-refractivity contribution in [2.45, 2.75) is 13.3 Å². The molecule has 0 saturated carbocycles. The van der Waals surface area contributed by atoms with Crippen LogP contribution in [-0.2, 0) is 11.2 Å². The summed E-state index contributed by atoms with van der Waals surface area (Å²) >= 11 is 0. The zero-order valence-electron chi connectivity index (χ0n) is 8.90. The van der Waals surface area contributed by atoms with Crippen LogP contribution < -0.4 is 5.32 Å². The minimum Gasteiger partial charge on any atom is -0.309 e. The summed E-state index contributed by atoms with van der Waals surface area (Å²) in [6.07, 6.45) is 3.66. The van der Waals surface area contributed by atoms with Gasteiger partial charge in [-0.1, -0.05) is 6.07 Å². The van der Waals surface area contributed by atoms with Crippen LogP contribution in [0.5, 0.6) is 0 Å². The van der Waals surface area contributed by atoms with Gasteiger partial charge in [0.25, 0.3) is 0 Å². The number of aryl methyl sites for hydroxylation is 1. The average Bonchev–Trinajstić information content (AvgIpc) is 2.65. The normalized spacial score (nSPS) is 10.1. The molecule has 16 heavy (non-hydrogen) atoms. The number of pyridine rings is 1. The molecule has 0 radical (unpaired) electrons. The van der Waals surface area contributed by atoms with Crippen LogP contribution >= 0.6 is 0 Å². The van der Waals surface area contributed by atoms with Crippen molar-refractivity contribution in [2.24, 2.45) is 0 Å². The van der Waals surface area contributed by atoms with E-state index in [9.17, 15) is 4.79 Å². The lowest BCUT2D eigenvalue weighted by molar-refractivity contribution is -0.115. The number of anilines is 1. The van der Waals surface area contributed by atoms with Crippen LogP contribution in [0.2, 0.25) is 0 Å². The first kappa shape index (κ1) is 10.4. The third-order valence-electron chi connectivity index (χ3n) is 2.06. The van der Waals surface area contributed by atoms with E-state index in [1.165, 1.54) is 0 Å². The number of hydrogen-bond acceptors (Lipinski definition) is 3. The van der Waals surface area contributed by atoms with Gasteiger partial charge in [-0.15, -0.1) is 0 Å². The Bertz CT molecular complexity index is 478.